The molecule has 0 fully saturated rings. The highest BCUT2D eigenvalue weighted by atomic mass is 19.1. The summed E-state index contributed by atoms with van der Waals surface area (Å²) in [5, 5.41) is 29.8. The molecule has 1 heterocycles. The van der Waals surface area contributed by atoms with Gasteiger partial charge in [0.15, 0.2) is 0 Å². The zero-order chi connectivity index (χ0) is 28.0. The Hall–Kier alpha value is -4.84. The van der Waals surface area contributed by atoms with Crippen molar-refractivity contribution in [2.24, 2.45) is 0 Å². The topological polar surface area (TPSA) is 133 Å². The van der Waals surface area contributed by atoms with Gasteiger partial charge in [-0.1, -0.05) is 18.2 Å². The molecule has 0 aliphatic heterocycles. The first-order chi connectivity index (χ1) is 18.6. The smallest absolute Gasteiger partial charge is 0.323 e. The third-order valence-electron chi connectivity index (χ3n) is 5.95. The van der Waals surface area contributed by atoms with Crippen molar-refractivity contribution in [1.82, 2.24) is 14.8 Å². The first-order valence-electron chi connectivity index (χ1n) is 11.8. The molecule has 202 valence electrons. The summed E-state index contributed by atoms with van der Waals surface area (Å²) < 4.78 is 29.6. The molecule has 10 nitrogen and oxygen atoms in total. The molecule has 4 N–H and O–H groups in total. The lowest BCUT2D eigenvalue weighted by Crippen LogP contribution is -2.43. The number of nitrogens with zero attached hydrogens (tertiary/aromatic N) is 4. The van der Waals surface area contributed by atoms with E-state index in [0.717, 1.165) is 12.1 Å². The minimum absolute atomic E-state index is 0.0689. The van der Waals surface area contributed by atoms with E-state index in [1.165, 1.54) is 23.4 Å². The molecule has 0 spiro atoms. The average molecular weight is 537 g/mol. The number of carboxylic acid groups (broad SMARTS) is 1. The zero-order valence-corrected chi connectivity index (χ0v) is 20.9. The van der Waals surface area contributed by atoms with Crippen molar-refractivity contribution in [3.05, 3.63) is 102 Å². The third kappa shape index (κ3) is 7.14. The predicted molar refractivity (Wildman–Crippen MR) is 140 cm³/mol. The van der Waals surface area contributed by atoms with Crippen molar-refractivity contribution in [2.75, 3.05) is 29.1 Å². The fraction of sp³-hybridized carbons (Fsp3) is 0.185. The Labute approximate surface area is 222 Å². The summed E-state index contributed by atoms with van der Waals surface area (Å²) in [5.41, 5.74) is 0.402. The van der Waals surface area contributed by atoms with Crippen LogP contribution in [0.5, 0.6) is 0 Å². The average Bonchev–Trinajstić information content (AvgIpc) is 3.37. The maximum atomic E-state index is 14.7. The van der Waals surface area contributed by atoms with Crippen molar-refractivity contribution in [3.63, 3.8) is 0 Å². The molecule has 0 saturated carbocycles. The van der Waals surface area contributed by atoms with Crippen LogP contribution in [0.25, 0.3) is 0 Å². The van der Waals surface area contributed by atoms with Crippen LogP contribution in [0.1, 0.15) is 11.1 Å². The number of rotatable bonds is 10. The van der Waals surface area contributed by atoms with E-state index in [-0.39, 0.29) is 25.1 Å². The minimum atomic E-state index is -1.78. The number of hydrogen-bond acceptors (Lipinski definition) is 6. The first kappa shape index (κ1) is 27.2. The number of hydrogen-bond donors (Lipinski definition) is 4. The molecule has 0 bridgehead atoms. The van der Waals surface area contributed by atoms with Gasteiger partial charge in [-0.05, 0) is 48.0 Å². The molecule has 1 aromatic heterocycles. The summed E-state index contributed by atoms with van der Waals surface area (Å²) in [6.07, 6.45) is 2.58. The number of aromatic nitrogens is 3. The first-order valence-corrected chi connectivity index (χ1v) is 11.8. The largest absolute Gasteiger partial charge is 0.481 e. The van der Waals surface area contributed by atoms with Gasteiger partial charge in [0, 0.05) is 35.7 Å². The number of carbonyl (C=O) groups excluding carboxylic acids is 1. The van der Waals surface area contributed by atoms with Crippen molar-refractivity contribution < 1.29 is 28.6 Å². The number of carbonyl (C=O) groups is 2. The second kappa shape index (κ2) is 11.7. The lowest BCUT2D eigenvalue weighted by atomic mass is 9.92. The summed E-state index contributed by atoms with van der Waals surface area (Å²) in [7, 11) is 1.71. The van der Waals surface area contributed by atoms with Crippen molar-refractivity contribution in [1.29, 1.82) is 0 Å². The molecular formula is C27H26F2N6O4. The van der Waals surface area contributed by atoms with E-state index in [2.05, 4.69) is 20.7 Å². The highest BCUT2D eigenvalue weighted by Gasteiger charge is 2.35. The quantitative estimate of drug-likeness (QED) is 0.242. The zero-order valence-electron chi connectivity index (χ0n) is 20.9. The van der Waals surface area contributed by atoms with Crippen LogP contribution >= 0.6 is 0 Å². The van der Waals surface area contributed by atoms with Crippen molar-refractivity contribution in [2.45, 2.75) is 18.6 Å². The van der Waals surface area contributed by atoms with E-state index in [1.807, 2.05) is 0 Å². The summed E-state index contributed by atoms with van der Waals surface area (Å²) in [6, 6.07) is 15.7. The molecule has 0 aliphatic rings. The van der Waals surface area contributed by atoms with Crippen molar-refractivity contribution in [3.8, 4) is 0 Å². The second-order valence-corrected chi connectivity index (χ2v) is 9.00. The van der Waals surface area contributed by atoms with E-state index in [1.54, 1.807) is 60.5 Å². The number of urea groups is 1. The van der Waals surface area contributed by atoms with Gasteiger partial charge in [-0.3, -0.25) is 4.79 Å². The fourth-order valence-corrected chi connectivity index (χ4v) is 4.13. The van der Waals surface area contributed by atoms with Crippen LogP contribution in [0, 0.1) is 11.6 Å². The maximum absolute atomic E-state index is 14.7. The van der Waals surface area contributed by atoms with Gasteiger partial charge >= 0.3 is 12.0 Å². The van der Waals surface area contributed by atoms with Gasteiger partial charge in [-0.15, -0.1) is 0 Å². The number of anilines is 3. The third-order valence-corrected chi connectivity index (χ3v) is 5.95. The highest BCUT2D eigenvalue weighted by molar-refractivity contribution is 5.99. The van der Waals surface area contributed by atoms with Crippen LogP contribution in [-0.2, 0) is 23.4 Å². The SMILES string of the molecule is CN(CC(O)(Cn1cncn1)c1ccc(F)cc1F)c1ccc(NC(=O)Nc2ccc(CC(=O)O)cc2)cc1. The Morgan fingerprint density at radius 2 is 1.64 bits per heavy atom. The number of nitrogens with one attached hydrogen (secondary N) is 2. The van der Waals surface area contributed by atoms with Crippen LogP contribution in [-0.4, -0.2) is 50.6 Å². The number of aliphatic carboxylic acids is 1. The van der Waals surface area contributed by atoms with E-state index < -0.39 is 29.2 Å². The summed E-state index contributed by atoms with van der Waals surface area (Å²) in [5.74, 6) is -2.58. The van der Waals surface area contributed by atoms with Gasteiger partial charge in [0.25, 0.3) is 0 Å². The number of likely N-dealkylation sites (N-methyl/N-ethyl adjacent to an activating group) is 1. The normalized spacial score (nSPS) is 12.4. The lowest BCUT2D eigenvalue weighted by Gasteiger charge is -2.34. The molecule has 1 atom stereocenters. The molecule has 39 heavy (non-hydrogen) atoms. The molecule has 2 amide bonds. The Morgan fingerprint density at radius 3 is 2.21 bits per heavy atom. The van der Waals surface area contributed by atoms with E-state index >= 15 is 0 Å². The molecule has 0 saturated heterocycles. The molecule has 4 rings (SSSR count). The summed E-state index contributed by atoms with van der Waals surface area (Å²) >= 11 is 0. The number of halogens is 2. The number of carboxylic acids is 1. The summed E-state index contributed by atoms with van der Waals surface area (Å²) in [6.45, 7) is -0.197. The van der Waals surface area contributed by atoms with Crippen LogP contribution < -0.4 is 15.5 Å². The van der Waals surface area contributed by atoms with Gasteiger partial charge in [-0.25, -0.2) is 23.2 Å². The Balaban J connectivity index is 1.42. The second-order valence-electron chi connectivity index (χ2n) is 9.00. The number of amides is 2. The molecule has 12 heteroatoms. The van der Waals surface area contributed by atoms with Crippen molar-refractivity contribution >= 4 is 29.1 Å². The van der Waals surface area contributed by atoms with Gasteiger partial charge < -0.3 is 25.7 Å². The van der Waals surface area contributed by atoms with Crippen LogP contribution in [0.4, 0.5) is 30.6 Å². The van der Waals surface area contributed by atoms with Crippen LogP contribution in [0.3, 0.4) is 0 Å². The Morgan fingerprint density at radius 1 is 1.00 bits per heavy atom. The van der Waals surface area contributed by atoms with Crippen LogP contribution in [0.15, 0.2) is 79.4 Å². The summed E-state index contributed by atoms with van der Waals surface area (Å²) in [4.78, 5) is 28.7. The Kier molecular flexibility index (Phi) is 8.15. The lowest BCUT2D eigenvalue weighted by molar-refractivity contribution is -0.136. The molecule has 0 aliphatic carbocycles. The van der Waals surface area contributed by atoms with Gasteiger partial charge in [-0.2, -0.15) is 5.10 Å². The molecule has 1 unspecified atom stereocenters. The maximum Gasteiger partial charge on any atom is 0.323 e. The van der Waals surface area contributed by atoms with Gasteiger partial charge in [0.2, 0.25) is 0 Å². The fourth-order valence-electron chi connectivity index (χ4n) is 4.13. The molecular weight excluding hydrogens is 510 g/mol. The highest BCUT2D eigenvalue weighted by Crippen LogP contribution is 2.29. The molecule has 0 radical (unpaired) electrons. The van der Waals surface area contributed by atoms with E-state index in [0.29, 0.717) is 22.6 Å². The molecule has 3 aromatic carbocycles. The van der Waals surface area contributed by atoms with Gasteiger partial charge in [0.05, 0.1) is 19.5 Å². The van der Waals surface area contributed by atoms with Gasteiger partial charge in [0.1, 0.15) is 29.9 Å². The van der Waals surface area contributed by atoms with E-state index in [4.69, 9.17) is 5.11 Å². The monoisotopic (exact) mass is 536 g/mol. The number of aliphatic hydroxyl groups is 1. The minimum Gasteiger partial charge on any atom is -0.481 e. The predicted octanol–water partition coefficient (Wildman–Crippen LogP) is 3.85. The standard InChI is InChI=1S/C27H26F2N6O4/c1-34(14-27(39,15-35-17-30-16-31-35)23-11-4-19(28)13-24(23)29)22-9-7-21(8-10-22)33-26(38)32-20-5-2-18(3-6-20)12-25(36)37/h2-11,13,16-17,39H,12,14-15H2,1H3,(H,36,37)(H2,32,33,38). The Bertz CT molecular complexity index is 1430. The molecule has 4 aromatic rings. The van der Waals surface area contributed by atoms with E-state index in [9.17, 15) is 23.5 Å². The van der Waals surface area contributed by atoms with Crippen LogP contribution in [0.2, 0.25) is 0 Å². The number of benzene rings is 3.